The molecule has 1 aliphatic rings. The van der Waals surface area contributed by atoms with Crippen LogP contribution in [0.1, 0.15) is 47.9 Å². The van der Waals surface area contributed by atoms with Gasteiger partial charge in [-0.1, -0.05) is 48.0 Å². The molecule has 5 rings (SSSR count). The number of thiophene rings is 1. The Kier molecular flexibility index (Phi) is 6.01. The number of hydrogen-bond donors (Lipinski definition) is 2. The number of aliphatic hydroxyl groups excluding tert-OH is 1. The molecule has 2 unspecified atom stereocenters. The van der Waals surface area contributed by atoms with Crippen LogP contribution in [0, 0.1) is 0 Å². The van der Waals surface area contributed by atoms with Gasteiger partial charge in [0, 0.05) is 26.4 Å². The number of aromatic nitrogens is 1. The fourth-order valence-electron chi connectivity index (χ4n) is 3.90. The third kappa shape index (κ3) is 4.56. The lowest BCUT2D eigenvalue weighted by Gasteiger charge is -2.19. The van der Waals surface area contributed by atoms with E-state index in [2.05, 4.69) is 9.71 Å². The maximum Gasteiger partial charge on any atom is 0.215 e. The van der Waals surface area contributed by atoms with E-state index in [1.54, 1.807) is 25.3 Å². The monoisotopic (exact) mass is 498 g/mol. The maximum absolute atomic E-state index is 12.9. The number of fused-ring (bicyclic) bond motifs is 1. The van der Waals surface area contributed by atoms with Crippen LogP contribution in [0.15, 0.2) is 66.9 Å². The molecule has 0 radical (unpaired) electrons. The van der Waals surface area contributed by atoms with Crippen LogP contribution < -0.4 is 4.72 Å². The highest BCUT2D eigenvalue weighted by Crippen LogP contribution is 2.41. The number of nitrogens with zero attached hydrogens (tertiary/aromatic N) is 1. The first-order chi connectivity index (χ1) is 15.8. The van der Waals surface area contributed by atoms with Crippen LogP contribution in [0.5, 0.6) is 0 Å². The Morgan fingerprint density at radius 3 is 2.64 bits per heavy atom. The second kappa shape index (κ2) is 8.81. The van der Waals surface area contributed by atoms with Crippen molar-refractivity contribution >= 4 is 43.0 Å². The molecule has 8 heteroatoms. The lowest BCUT2D eigenvalue weighted by Crippen LogP contribution is -2.31. The number of halogens is 1. The molecule has 0 saturated heterocycles. The first-order valence-corrected chi connectivity index (χ1v) is 13.5. The largest absolute Gasteiger partial charge is 0.389 e. The summed E-state index contributed by atoms with van der Waals surface area (Å²) in [5.74, 6) is 0. The predicted molar refractivity (Wildman–Crippen MR) is 134 cm³/mol. The van der Waals surface area contributed by atoms with Crippen molar-refractivity contribution in [2.24, 2.45) is 0 Å². The molecule has 0 spiro atoms. The van der Waals surface area contributed by atoms with Gasteiger partial charge in [0.25, 0.3) is 0 Å². The molecule has 2 aromatic carbocycles. The predicted octanol–water partition coefficient (Wildman–Crippen LogP) is 5.84. The Morgan fingerprint density at radius 1 is 1.12 bits per heavy atom. The van der Waals surface area contributed by atoms with E-state index in [0.717, 1.165) is 37.3 Å². The van der Waals surface area contributed by atoms with Crippen LogP contribution in [0.2, 0.25) is 5.02 Å². The van der Waals surface area contributed by atoms with Crippen molar-refractivity contribution in [2.75, 3.05) is 0 Å². The van der Waals surface area contributed by atoms with Crippen LogP contribution in [-0.2, 0) is 10.0 Å². The van der Waals surface area contributed by atoms with E-state index in [1.807, 2.05) is 48.5 Å². The van der Waals surface area contributed by atoms with Gasteiger partial charge in [-0.15, -0.1) is 11.3 Å². The van der Waals surface area contributed by atoms with Gasteiger partial charge in [-0.3, -0.25) is 4.98 Å². The molecule has 2 aromatic heterocycles. The van der Waals surface area contributed by atoms with E-state index < -0.39 is 22.2 Å². The van der Waals surface area contributed by atoms with Gasteiger partial charge in [0.1, 0.15) is 0 Å². The third-order valence-electron chi connectivity index (χ3n) is 5.85. The molecule has 4 aromatic rings. The highest BCUT2D eigenvalue weighted by molar-refractivity contribution is 7.90. The lowest BCUT2D eigenvalue weighted by atomic mass is 10.0. The minimum absolute atomic E-state index is 0.333. The number of aliphatic hydroxyl groups is 1. The zero-order valence-electron chi connectivity index (χ0n) is 17.9. The van der Waals surface area contributed by atoms with E-state index in [0.29, 0.717) is 17.9 Å². The van der Waals surface area contributed by atoms with Gasteiger partial charge in [0.2, 0.25) is 10.0 Å². The van der Waals surface area contributed by atoms with Crippen LogP contribution in [0.25, 0.3) is 21.3 Å². The molecular weight excluding hydrogens is 476 g/mol. The smallest absolute Gasteiger partial charge is 0.215 e. The highest BCUT2D eigenvalue weighted by atomic mass is 35.5. The molecule has 0 amide bonds. The fourth-order valence-corrected chi connectivity index (χ4v) is 7.01. The van der Waals surface area contributed by atoms with E-state index >= 15 is 0 Å². The zero-order valence-corrected chi connectivity index (χ0v) is 20.3. The van der Waals surface area contributed by atoms with Crippen LogP contribution in [0.4, 0.5) is 0 Å². The minimum Gasteiger partial charge on any atom is -0.389 e. The van der Waals surface area contributed by atoms with Crippen molar-refractivity contribution < 1.29 is 13.5 Å². The summed E-state index contributed by atoms with van der Waals surface area (Å²) >= 11 is 8.03. The van der Waals surface area contributed by atoms with Crippen molar-refractivity contribution in [3.05, 3.63) is 87.9 Å². The third-order valence-corrected chi connectivity index (χ3v) is 9.36. The van der Waals surface area contributed by atoms with Gasteiger partial charge in [-0.2, -0.15) is 0 Å². The Morgan fingerprint density at radius 2 is 1.91 bits per heavy atom. The van der Waals surface area contributed by atoms with Gasteiger partial charge in [0.15, 0.2) is 0 Å². The Hall–Kier alpha value is -2.29. The standard InChI is InChI=1S/C25H23ClN2O3S2/c1-15(29)16-11-12-27-22(13-16)20-7-4-5-17-14-23(32-25(17)20)24(19-6-2-3-8-21(19)26)28-33(30,31)18-9-10-18/h2-8,11-15,18,24,28-29H,9-10H2,1H3. The van der Waals surface area contributed by atoms with Crippen LogP contribution >= 0.6 is 22.9 Å². The van der Waals surface area contributed by atoms with Crippen LogP contribution in [0.3, 0.4) is 0 Å². The summed E-state index contributed by atoms with van der Waals surface area (Å²) in [6.45, 7) is 1.73. The zero-order chi connectivity index (χ0) is 23.2. The SMILES string of the molecule is CC(O)c1ccnc(-c2cccc3cc(C(NS(=O)(=O)C4CC4)c4ccccc4Cl)sc23)c1. The van der Waals surface area contributed by atoms with E-state index in [-0.39, 0.29) is 5.25 Å². The number of pyridine rings is 1. The number of hydrogen-bond acceptors (Lipinski definition) is 5. The minimum atomic E-state index is -3.46. The van der Waals surface area contributed by atoms with E-state index in [4.69, 9.17) is 11.6 Å². The molecule has 33 heavy (non-hydrogen) atoms. The van der Waals surface area contributed by atoms with Gasteiger partial charge >= 0.3 is 0 Å². The first kappa shape index (κ1) is 22.5. The summed E-state index contributed by atoms with van der Waals surface area (Å²) < 4.78 is 29.7. The molecule has 0 aliphatic heterocycles. The number of rotatable bonds is 7. The molecule has 1 fully saturated rings. The topological polar surface area (TPSA) is 79.3 Å². The molecule has 170 valence electrons. The average molecular weight is 499 g/mol. The Balaban J connectivity index is 1.63. The molecule has 0 bridgehead atoms. The van der Waals surface area contributed by atoms with Crippen molar-refractivity contribution in [1.29, 1.82) is 0 Å². The van der Waals surface area contributed by atoms with Crippen molar-refractivity contribution in [2.45, 2.75) is 37.2 Å². The van der Waals surface area contributed by atoms with Gasteiger partial charge in [-0.25, -0.2) is 13.1 Å². The highest BCUT2D eigenvalue weighted by Gasteiger charge is 2.38. The summed E-state index contributed by atoms with van der Waals surface area (Å²) in [5, 5.41) is 11.2. The normalized spacial score (nSPS) is 16.1. The maximum atomic E-state index is 12.9. The second-order valence-electron chi connectivity index (χ2n) is 8.34. The molecular formula is C25H23ClN2O3S2. The molecule has 5 nitrogen and oxygen atoms in total. The first-order valence-electron chi connectivity index (χ1n) is 10.8. The number of nitrogens with one attached hydrogen (secondary N) is 1. The molecule has 2 N–H and O–H groups in total. The summed E-state index contributed by atoms with van der Waals surface area (Å²) in [5.41, 5.74) is 3.22. The summed E-state index contributed by atoms with van der Waals surface area (Å²) in [7, 11) is -3.46. The average Bonchev–Trinajstić information content (AvgIpc) is 3.58. The second-order valence-corrected chi connectivity index (χ2v) is 11.8. The molecule has 2 atom stereocenters. The molecule has 2 heterocycles. The summed E-state index contributed by atoms with van der Waals surface area (Å²) in [6.07, 6.45) is 2.48. The molecule has 1 aliphatic carbocycles. The van der Waals surface area contributed by atoms with E-state index in [9.17, 15) is 13.5 Å². The fraction of sp³-hybridized carbons (Fsp3) is 0.240. The summed E-state index contributed by atoms with van der Waals surface area (Å²) in [6, 6.07) is 18.4. The Labute approximate surface area is 202 Å². The van der Waals surface area contributed by atoms with Gasteiger partial charge < -0.3 is 5.11 Å². The Bertz CT molecular complexity index is 1430. The van der Waals surface area contributed by atoms with Gasteiger partial charge in [-0.05, 0) is 60.5 Å². The van der Waals surface area contributed by atoms with Crippen molar-refractivity contribution in [1.82, 2.24) is 9.71 Å². The molecule has 1 saturated carbocycles. The number of benzene rings is 2. The summed E-state index contributed by atoms with van der Waals surface area (Å²) in [4.78, 5) is 5.38. The van der Waals surface area contributed by atoms with E-state index in [1.165, 1.54) is 11.3 Å². The van der Waals surface area contributed by atoms with Crippen molar-refractivity contribution in [3.63, 3.8) is 0 Å². The number of sulfonamides is 1. The van der Waals surface area contributed by atoms with Crippen molar-refractivity contribution in [3.8, 4) is 11.3 Å². The van der Waals surface area contributed by atoms with Crippen LogP contribution in [-0.4, -0.2) is 23.8 Å². The van der Waals surface area contributed by atoms with Gasteiger partial charge in [0.05, 0.1) is 23.1 Å². The quantitative estimate of drug-likeness (QED) is 0.335. The lowest BCUT2D eigenvalue weighted by molar-refractivity contribution is 0.199.